The molecule has 23 heavy (non-hydrogen) atoms. The molecule has 1 aliphatic heterocycles. The lowest BCUT2D eigenvalue weighted by Crippen LogP contribution is -2.45. The van der Waals surface area contributed by atoms with Crippen LogP contribution in [0.4, 0.5) is 13.2 Å². The second-order valence-corrected chi connectivity index (χ2v) is 5.72. The Bertz CT molecular complexity index is 617. The third-order valence-electron chi connectivity index (χ3n) is 4.19. The van der Waals surface area contributed by atoms with Crippen LogP contribution >= 0.6 is 0 Å². The number of halogens is 3. The van der Waals surface area contributed by atoms with Crippen LogP contribution in [0.5, 0.6) is 0 Å². The van der Waals surface area contributed by atoms with E-state index in [1.165, 1.54) is 12.1 Å². The molecule has 0 aliphatic carbocycles. The van der Waals surface area contributed by atoms with Gasteiger partial charge in [0.15, 0.2) is 0 Å². The van der Waals surface area contributed by atoms with Crippen LogP contribution in [-0.2, 0) is 6.18 Å². The van der Waals surface area contributed by atoms with Crippen molar-refractivity contribution in [2.45, 2.75) is 12.2 Å². The number of hydrogen-bond donors (Lipinski definition) is 1. The van der Waals surface area contributed by atoms with Gasteiger partial charge in [-0.3, -0.25) is 4.90 Å². The predicted molar refractivity (Wildman–Crippen MR) is 84.2 cm³/mol. The highest BCUT2D eigenvalue weighted by Gasteiger charge is 2.31. The number of nitrogens with zero attached hydrogens (tertiary/aromatic N) is 1. The van der Waals surface area contributed by atoms with Gasteiger partial charge in [0.2, 0.25) is 0 Å². The van der Waals surface area contributed by atoms with Crippen molar-refractivity contribution in [3.05, 3.63) is 71.3 Å². The molecule has 1 N–H and O–H groups in total. The first-order valence-corrected chi connectivity index (χ1v) is 7.72. The Hall–Kier alpha value is -1.85. The highest BCUT2D eigenvalue weighted by Crippen LogP contribution is 2.33. The molecule has 1 aliphatic rings. The second kappa shape index (κ2) is 6.72. The first-order valence-electron chi connectivity index (χ1n) is 7.72. The van der Waals surface area contributed by atoms with Crippen LogP contribution in [0.25, 0.3) is 0 Å². The van der Waals surface area contributed by atoms with Crippen LogP contribution in [0.1, 0.15) is 22.7 Å². The zero-order valence-electron chi connectivity index (χ0n) is 12.7. The average molecular weight is 320 g/mol. The van der Waals surface area contributed by atoms with Crippen molar-refractivity contribution in [3.8, 4) is 0 Å². The second-order valence-electron chi connectivity index (χ2n) is 5.72. The molecule has 0 aromatic heterocycles. The molecule has 1 fully saturated rings. The van der Waals surface area contributed by atoms with Gasteiger partial charge in [0.25, 0.3) is 0 Å². The van der Waals surface area contributed by atoms with E-state index in [-0.39, 0.29) is 6.04 Å². The Morgan fingerprint density at radius 1 is 0.826 bits per heavy atom. The smallest absolute Gasteiger partial charge is 0.314 e. The molecule has 5 heteroatoms. The van der Waals surface area contributed by atoms with Gasteiger partial charge in [-0.15, -0.1) is 0 Å². The van der Waals surface area contributed by atoms with Crippen LogP contribution in [0.3, 0.4) is 0 Å². The van der Waals surface area contributed by atoms with E-state index >= 15 is 0 Å². The fraction of sp³-hybridized carbons (Fsp3) is 0.333. The summed E-state index contributed by atoms with van der Waals surface area (Å²) in [7, 11) is 0. The SMILES string of the molecule is FC(F)(F)c1ccc([C@@H](c2ccccc2)N2CCNCC2)cc1. The van der Waals surface area contributed by atoms with E-state index < -0.39 is 11.7 Å². The fourth-order valence-electron chi connectivity index (χ4n) is 3.04. The van der Waals surface area contributed by atoms with Gasteiger partial charge in [-0.25, -0.2) is 0 Å². The molecule has 2 nitrogen and oxygen atoms in total. The molecule has 3 rings (SSSR count). The maximum absolute atomic E-state index is 12.8. The predicted octanol–water partition coefficient (Wildman–Crippen LogP) is 3.70. The summed E-state index contributed by atoms with van der Waals surface area (Å²) in [4.78, 5) is 2.31. The van der Waals surface area contributed by atoms with E-state index in [4.69, 9.17) is 0 Å². The van der Waals surface area contributed by atoms with Gasteiger partial charge in [0, 0.05) is 26.2 Å². The first-order chi connectivity index (χ1) is 11.1. The van der Waals surface area contributed by atoms with Crippen LogP contribution in [-0.4, -0.2) is 31.1 Å². The van der Waals surface area contributed by atoms with E-state index in [1.54, 1.807) is 12.1 Å². The summed E-state index contributed by atoms with van der Waals surface area (Å²) in [5, 5.41) is 3.31. The van der Waals surface area contributed by atoms with E-state index in [1.807, 2.05) is 30.3 Å². The van der Waals surface area contributed by atoms with E-state index in [0.29, 0.717) is 0 Å². The van der Waals surface area contributed by atoms with Crippen LogP contribution in [0, 0.1) is 0 Å². The largest absolute Gasteiger partial charge is 0.416 e. The number of rotatable bonds is 3. The van der Waals surface area contributed by atoms with Crippen molar-refractivity contribution < 1.29 is 13.2 Å². The van der Waals surface area contributed by atoms with Crippen molar-refractivity contribution >= 4 is 0 Å². The summed E-state index contributed by atoms with van der Waals surface area (Å²) in [6, 6.07) is 15.5. The van der Waals surface area contributed by atoms with Gasteiger partial charge in [-0.05, 0) is 23.3 Å². The van der Waals surface area contributed by atoms with E-state index in [2.05, 4.69) is 10.2 Å². The molecule has 0 radical (unpaired) electrons. The van der Waals surface area contributed by atoms with Gasteiger partial charge in [0.1, 0.15) is 0 Å². The lowest BCUT2D eigenvalue weighted by atomic mass is 9.95. The maximum Gasteiger partial charge on any atom is 0.416 e. The summed E-state index contributed by atoms with van der Waals surface area (Å²) >= 11 is 0. The number of nitrogens with one attached hydrogen (secondary N) is 1. The fourth-order valence-corrected chi connectivity index (χ4v) is 3.04. The van der Waals surface area contributed by atoms with Gasteiger partial charge in [-0.2, -0.15) is 13.2 Å². The lowest BCUT2D eigenvalue weighted by molar-refractivity contribution is -0.137. The summed E-state index contributed by atoms with van der Waals surface area (Å²) in [5.41, 5.74) is 1.40. The Labute approximate surface area is 133 Å². The summed E-state index contributed by atoms with van der Waals surface area (Å²) < 4.78 is 38.3. The van der Waals surface area contributed by atoms with E-state index in [0.717, 1.165) is 37.3 Å². The normalized spacial score (nSPS) is 17.9. The minimum Gasteiger partial charge on any atom is -0.314 e. The molecule has 0 amide bonds. The molecule has 0 bridgehead atoms. The van der Waals surface area contributed by atoms with Gasteiger partial charge in [0.05, 0.1) is 11.6 Å². The molecule has 0 saturated carbocycles. The Morgan fingerprint density at radius 2 is 1.39 bits per heavy atom. The van der Waals surface area contributed by atoms with Gasteiger partial charge >= 0.3 is 6.18 Å². The minimum absolute atomic E-state index is 0.0133. The Morgan fingerprint density at radius 3 is 1.96 bits per heavy atom. The summed E-state index contributed by atoms with van der Waals surface area (Å²) in [5.74, 6) is 0. The van der Waals surface area contributed by atoms with Crippen molar-refractivity contribution in [1.29, 1.82) is 0 Å². The molecule has 0 unspecified atom stereocenters. The maximum atomic E-state index is 12.8. The number of hydrogen-bond acceptors (Lipinski definition) is 2. The lowest BCUT2D eigenvalue weighted by Gasteiger charge is -2.35. The van der Waals surface area contributed by atoms with Gasteiger partial charge < -0.3 is 5.32 Å². The molecule has 2 aromatic carbocycles. The van der Waals surface area contributed by atoms with Crippen LogP contribution < -0.4 is 5.32 Å². The van der Waals surface area contributed by atoms with Crippen molar-refractivity contribution in [2.24, 2.45) is 0 Å². The van der Waals surface area contributed by atoms with Crippen molar-refractivity contribution in [3.63, 3.8) is 0 Å². The molecular formula is C18H19F3N2. The van der Waals surface area contributed by atoms with Gasteiger partial charge in [-0.1, -0.05) is 42.5 Å². The van der Waals surface area contributed by atoms with Crippen molar-refractivity contribution in [1.82, 2.24) is 10.2 Å². The standard InChI is InChI=1S/C18H19F3N2/c19-18(20,21)16-8-6-15(7-9-16)17(14-4-2-1-3-5-14)23-12-10-22-11-13-23/h1-9,17,22H,10-13H2/t17-/m1/s1. The highest BCUT2D eigenvalue weighted by atomic mass is 19.4. The zero-order chi connectivity index (χ0) is 16.3. The number of benzene rings is 2. The molecule has 1 heterocycles. The first kappa shape index (κ1) is 16.0. The summed E-state index contributed by atoms with van der Waals surface area (Å²) in [6.45, 7) is 3.54. The van der Waals surface area contributed by atoms with Crippen LogP contribution in [0.15, 0.2) is 54.6 Å². The summed E-state index contributed by atoms with van der Waals surface area (Å²) in [6.07, 6.45) is -4.30. The molecule has 1 saturated heterocycles. The Kier molecular flexibility index (Phi) is 4.68. The molecular weight excluding hydrogens is 301 g/mol. The highest BCUT2D eigenvalue weighted by molar-refractivity contribution is 5.34. The third kappa shape index (κ3) is 3.74. The molecule has 122 valence electrons. The quantitative estimate of drug-likeness (QED) is 0.928. The number of piperazine rings is 1. The molecule has 2 aromatic rings. The van der Waals surface area contributed by atoms with E-state index in [9.17, 15) is 13.2 Å². The average Bonchev–Trinajstić information content (AvgIpc) is 2.57. The number of alkyl halides is 3. The zero-order valence-corrected chi connectivity index (χ0v) is 12.7. The van der Waals surface area contributed by atoms with Crippen LogP contribution in [0.2, 0.25) is 0 Å². The monoisotopic (exact) mass is 320 g/mol. The minimum atomic E-state index is -4.30. The molecule has 1 atom stereocenters. The Balaban J connectivity index is 1.94. The topological polar surface area (TPSA) is 15.3 Å². The third-order valence-corrected chi connectivity index (χ3v) is 4.19. The van der Waals surface area contributed by atoms with Crippen molar-refractivity contribution in [2.75, 3.05) is 26.2 Å². The molecule has 0 spiro atoms.